The highest BCUT2D eigenvalue weighted by Gasteiger charge is 2.44. The van der Waals surface area contributed by atoms with Crippen LogP contribution in [0.15, 0.2) is 64.6 Å². The van der Waals surface area contributed by atoms with Crippen molar-refractivity contribution in [2.24, 2.45) is 5.16 Å². The topological polar surface area (TPSA) is 71.0 Å². The maximum absolute atomic E-state index is 12.8. The molecule has 2 aromatic carbocycles. The average molecular weight is 460 g/mol. The maximum atomic E-state index is 12.8. The Kier molecular flexibility index (Phi) is 6.74. The van der Waals surface area contributed by atoms with Crippen molar-refractivity contribution in [2.45, 2.75) is 42.1 Å². The average Bonchev–Trinajstić information content (AvgIpc) is 3.21. The van der Waals surface area contributed by atoms with Crippen LogP contribution in [0.4, 0.5) is 8.78 Å². The number of nitrogens with one attached hydrogen (secondary N) is 1. The first-order valence-corrected chi connectivity index (χ1v) is 11.2. The van der Waals surface area contributed by atoms with E-state index in [1.807, 2.05) is 30.3 Å². The van der Waals surface area contributed by atoms with Gasteiger partial charge in [0.25, 0.3) is 17.6 Å². The molecule has 0 radical (unpaired) electrons. The van der Waals surface area contributed by atoms with Crippen LogP contribution in [0.25, 0.3) is 0 Å². The molecule has 168 valence electrons. The van der Waals surface area contributed by atoms with Crippen LogP contribution in [0.5, 0.6) is 0 Å². The van der Waals surface area contributed by atoms with Gasteiger partial charge in [0, 0.05) is 49.4 Å². The molecule has 4 rings (SSSR count). The smallest absolute Gasteiger partial charge is 0.288 e. The first-order chi connectivity index (χ1) is 15.4. The minimum absolute atomic E-state index is 0.198. The molecule has 32 heavy (non-hydrogen) atoms. The van der Waals surface area contributed by atoms with Crippen LogP contribution in [-0.4, -0.2) is 46.9 Å². The van der Waals surface area contributed by atoms with Gasteiger partial charge in [0.15, 0.2) is 0 Å². The molecule has 0 saturated carbocycles. The molecular formula is C23H23F2N3O3S. The summed E-state index contributed by atoms with van der Waals surface area (Å²) in [6, 6.07) is 15.9. The molecule has 0 unspecified atom stereocenters. The van der Waals surface area contributed by atoms with Crippen LogP contribution in [0, 0.1) is 0 Å². The van der Waals surface area contributed by atoms with Gasteiger partial charge in [-0.05, 0) is 23.8 Å². The summed E-state index contributed by atoms with van der Waals surface area (Å²) in [6.45, 7) is 1.30. The van der Waals surface area contributed by atoms with E-state index in [1.54, 1.807) is 23.1 Å². The molecule has 9 heteroatoms. The second kappa shape index (κ2) is 9.68. The molecule has 0 atom stereocenters. The first kappa shape index (κ1) is 22.3. The number of nitrogens with zero attached hydrogens (tertiary/aromatic N) is 2. The number of thioether (sulfide) groups is 1. The van der Waals surface area contributed by atoms with Gasteiger partial charge in [-0.25, -0.2) is 0 Å². The first-order valence-electron chi connectivity index (χ1n) is 10.4. The minimum Gasteiger partial charge on any atom is -0.388 e. The van der Waals surface area contributed by atoms with Crippen LogP contribution >= 0.6 is 11.8 Å². The quantitative estimate of drug-likeness (QED) is 0.661. The van der Waals surface area contributed by atoms with E-state index in [1.165, 1.54) is 6.07 Å². The lowest BCUT2D eigenvalue weighted by Crippen LogP contribution is -2.47. The van der Waals surface area contributed by atoms with E-state index >= 15 is 0 Å². The van der Waals surface area contributed by atoms with Crippen molar-refractivity contribution in [1.29, 1.82) is 0 Å². The third kappa shape index (κ3) is 5.27. The Morgan fingerprint density at radius 3 is 2.59 bits per heavy atom. The Morgan fingerprint density at radius 2 is 1.88 bits per heavy atom. The Balaban J connectivity index is 1.29. The van der Waals surface area contributed by atoms with Gasteiger partial charge in [0.2, 0.25) is 0 Å². The molecule has 0 bridgehead atoms. The summed E-state index contributed by atoms with van der Waals surface area (Å²) in [4.78, 5) is 33.0. The highest BCUT2D eigenvalue weighted by molar-refractivity contribution is 7.99. The van der Waals surface area contributed by atoms with Crippen molar-refractivity contribution >= 4 is 29.3 Å². The van der Waals surface area contributed by atoms with Crippen LogP contribution in [0.3, 0.4) is 0 Å². The van der Waals surface area contributed by atoms with E-state index in [9.17, 15) is 18.4 Å². The molecular weight excluding hydrogens is 436 g/mol. The summed E-state index contributed by atoms with van der Waals surface area (Å²) in [5, 5.41) is 6.88. The van der Waals surface area contributed by atoms with E-state index < -0.39 is 11.4 Å². The van der Waals surface area contributed by atoms with E-state index in [4.69, 9.17) is 4.84 Å². The number of halogens is 2. The molecule has 2 aliphatic heterocycles. The fourth-order valence-electron chi connectivity index (χ4n) is 3.90. The van der Waals surface area contributed by atoms with Gasteiger partial charge < -0.3 is 15.1 Å². The number of amides is 2. The van der Waals surface area contributed by atoms with E-state index in [-0.39, 0.29) is 11.8 Å². The number of piperidine rings is 1. The summed E-state index contributed by atoms with van der Waals surface area (Å²) in [7, 11) is 0. The number of oxime groups is 1. The zero-order valence-corrected chi connectivity index (χ0v) is 18.1. The third-order valence-corrected chi connectivity index (χ3v) is 6.37. The molecule has 6 nitrogen and oxygen atoms in total. The van der Waals surface area contributed by atoms with Gasteiger partial charge >= 0.3 is 0 Å². The molecule has 2 aliphatic rings. The van der Waals surface area contributed by atoms with E-state index in [2.05, 4.69) is 10.5 Å². The van der Waals surface area contributed by atoms with Crippen molar-refractivity contribution in [1.82, 2.24) is 10.2 Å². The van der Waals surface area contributed by atoms with Gasteiger partial charge in [0.05, 0.1) is 0 Å². The van der Waals surface area contributed by atoms with Gasteiger partial charge in [-0.1, -0.05) is 53.3 Å². The van der Waals surface area contributed by atoms with Crippen molar-refractivity contribution in [3.63, 3.8) is 0 Å². The van der Waals surface area contributed by atoms with Crippen LogP contribution in [0.1, 0.15) is 35.2 Å². The maximum Gasteiger partial charge on any atom is 0.288 e. The number of likely N-dealkylation sites (tertiary alicyclic amines) is 1. The highest BCUT2D eigenvalue weighted by atomic mass is 32.2. The van der Waals surface area contributed by atoms with Crippen molar-refractivity contribution in [2.75, 3.05) is 13.1 Å². The lowest BCUT2D eigenvalue weighted by Gasteiger charge is -2.37. The number of hydrogen-bond donors (Lipinski definition) is 1. The number of alkyl halides is 2. The minimum atomic E-state index is -2.53. The molecule has 2 amide bonds. The predicted molar refractivity (Wildman–Crippen MR) is 118 cm³/mol. The standard InChI is InChI=1S/C23H23F2N3O3S/c24-22(25)32-18-8-4-7-17(13-18)21(30)28-11-9-23(10-12-28)14-19(27-31-23)20(29)26-15-16-5-2-1-3-6-16/h1-8,13,22H,9-12,14-15H2,(H,26,29). The number of rotatable bonds is 6. The van der Waals surface area contributed by atoms with Gasteiger partial charge in [0.1, 0.15) is 11.3 Å². The van der Waals surface area contributed by atoms with E-state index in [0.717, 1.165) is 5.56 Å². The molecule has 0 aromatic heterocycles. The normalized spacial score (nSPS) is 17.2. The Bertz CT molecular complexity index is 1010. The monoisotopic (exact) mass is 459 g/mol. The fraction of sp³-hybridized carbons (Fsp3) is 0.348. The van der Waals surface area contributed by atoms with Gasteiger partial charge in [-0.15, -0.1) is 0 Å². The number of benzene rings is 2. The Labute approximate surface area is 189 Å². The molecule has 2 heterocycles. The zero-order valence-electron chi connectivity index (χ0n) is 17.3. The highest BCUT2D eigenvalue weighted by Crippen LogP contribution is 2.35. The second-order valence-corrected chi connectivity index (χ2v) is 8.92. The number of hydrogen-bond acceptors (Lipinski definition) is 5. The third-order valence-electron chi connectivity index (χ3n) is 5.67. The molecule has 1 N–H and O–H groups in total. The van der Waals surface area contributed by atoms with Crippen molar-refractivity contribution in [3.8, 4) is 0 Å². The lowest BCUT2D eigenvalue weighted by atomic mass is 9.86. The summed E-state index contributed by atoms with van der Waals surface area (Å²) in [5.74, 6) is -2.98. The fourth-order valence-corrected chi connectivity index (χ4v) is 4.45. The Morgan fingerprint density at radius 1 is 1.12 bits per heavy atom. The Hall–Kier alpha value is -2.94. The zero-order chi connectivity index (χ0) is 22.6. The van der Waals surface area contributed by atoms with Gasteiger partial charge in [-0.3, -0.25) is 9.59 Å². The second-order valence-electron chi connectivity index (χ2n) is 7.86. The summed E-state index contributed by atoms with van der Waals surface area (Å²) >= 11 is 0.420. The summed E-state index contributed by atoms with van der Waals surface area (Å²) < 4.78 is 25.2. The van der Waals surface area contributed by atoms with Gasteiger partial charge in [-0.2, -0.15) is 8.78 Å². The molecule has 1 saturated heterocycles. The summed E-state index contributed by atoms with van der Waals surface area (Å²) in [5.41, 5.74) is 1.16. The van der Waals surface area contributed by atoms with Crippen LogP contribution < -0.4 is 5.32 Å². The largest absolute Gasteiger partial charge is 0.388 e. The van der Waals surface area contributed by atoms with Crippen LogP contribution in [0.2, 0.25) is 0 Å². The summed E-state index contributed by atoms with van der Waals surface area (Å²) in [6.07, 6.45) is 1.49. The lowest BCUT2D eigenvalue weighted by molar-refractivity contribution is -0.115. The molecule has 1 fully saturated rings. The molecule has 1 spiro atoms. The van der Waals surface area contributed by atoms with Crippen molar-refractivity contribution in [3.05, 3.63) is 65.7 Å². The SMILES string of the molecule is O=C(NCc1ccccc1)C1=NOC2(CCN(C(=O)c3cccc(SC(F)F)c3)CC2)C1. The number of carbonyl (C=O) groups excluding carboxylic acids is 2. The molecule has 2 aromatic rings. The number of carbonyl (C=O) groups is 2. The van der Waals surface area contributed by atoms with Crippen LogP contribution in [-0.2, 0) is 16.2 Å². The molecule has 0 aliphatic carbocycles. The predicted octanol–water partition coefficient (Wildman–Crippen LogP) is 4.07. The van der Waals surface area contributed by atoms with E-state index in [0.29, 0.717) is 66.8 Å². The van der Waals surface area contributed by atoms with Crippen molar-refractivity contribution < 1.29 is 23.2 Å².